The summed E-state index contributed by atoms with van der Waals surface area (Å²) in [5.74, 6) is -1.21. The molecular weight excluding hydrogens is 308 g/mol. The molecule has 6 nitrogen and oxygen atoms in total. The van der Waals surface area contributed by atoms with Crippen LogP contribution in [0.25, 0.3) is 11.8 Å². The minimum atomic E-state index is -0.943. The highest BCUT2D eigenvalue weighted by atomic mass is 16.6. The summed E-state index contributed by atoms with van der Waals surface area (Å²) in [4.78, 5) is 23.1. The fourth-order valence-electron chi connectivity index (χ4n) is 2.30. The normalized spacial score (nSPS) is 12.2. The minimum absolute atomic E-state index is 0.596. The molecule has 2 aromatic rings. The summed E-state index contributed by atoms with van der Waals surface area (Å²) < 4.78 is 11.3. The van der Waals surface area contributed by atoms with Crippen molar-refractivity contribution in [2.24, 2.45) is 0 Å². The maximum atomic E-state index is 11.8. The van der Waals surface area contributed by atoms with Gasteiger partial charge in [0.25, 0.3) is 0 Å². The van der Waals surface area contributed by atoms with E-state index in [2.05, 4.69) is 9.84 Å². The van der Waals surface area contributed by atoms with Crippen LogP contribution in [0, 0.1) is 13.8 Å². The fraction of sp³-hybridized carbons (Fsp3) is 0.278. The highest BCUT2D eigenvalue weighted by Gasteiger charge is 2.17. The maximum Gasteiger partial charge on any atom is 0.346 e. The Kier molecular flexibility index (Phi) is 5.52. The van der Waals surface area contributed by atoms with E-state index in [0.29, 0.717) is 0 Å². The minimum Gasteiger partial charge on any atom is -0.466 e. The van der Waals surface area contributed by atoms with Gasteiger partial charge in [-0.2, -0.15) is 5.10 Å². The molecule has 2 rings (SSSR count). The van der Waals surface area contributed by atoms with E-state index in [1.54, 1.807) is 6.08 Å². The Bertz CT molecular complexity index is 763. The number of hydrogen-bond acceptors (Lipinski definition) is 5. The second kappa shape index (κ2) is 7.59. The molecule has 0 aliphatic rings. The van der Waals surface area contributed by atoms with Crippen molar-refractivity contribution in [3.8, 4) is 5.69 Å². The average molecular weight is 328 g/mol. The Labute approximate surface area is 140 Å². The van der Waals surface area contributed by atoms with Crippen LogP contribution in [0.3, 0.4) is 0 Å². The number of aryl methyl sites for hydroxylation is 1. The number of para-hydroxylation sites is 1. The molecule has 0 aliphatic carbocycles. The predicted molar refractivity (Wildman–Crippen MR) is 89.6 cm³/mol. The molecule has 1 unspecified atom stereocenters. The molecule has 1 heterocycles. The third-order valence-electron chi connectivity index (χ3n) is 3.56. The summed E-state index contributed by atoms with van der Waals surface area (Å²) >= 11 is 0. The van der Waals surface area contributed by atoms with Crippen LogP contribution in [0.15, 0.2) is 36.4 Å². The van der Waals surface area contributed by atoms with E-state index in [1.165, 1.54) is 20.1 Å². The van der Waals surface area contributed by atoms with E-state index < -0.39 is 18.0 Å². The van der Waals surface area contributed by atoms with Crippen LogP contribution >= 0.6 is 0 Å². The monoisotopic (exact) mass is 328 g/mol. The van der Waals surface area contributed by atoms with Crippen LogP contribution < -0.4 is 0 Å². The second-order valence-corrected chi connectivity index (χ2v) is 5.27. The number of nitrogens with zero attached hydrogens (tertiary/aromatic N) is 2. The van der Waals surface area contributed by atoms with E-state index in [9.17, 15) is 9.59 Å². The summed E-state index contributed by atoms with van der Waals surface area (Å²) in [5.41, 5.74) is 3.48. The number of methoxy groups -OCH3 is 1. The van der Waals surface area contributed by atoms with Crippen molar-refractivity contribution in [3.05, 3.63) is 53.4 Å². The molecule has 0 amide bonds. The number of hydrogen-bond donors (Lipinski definition) is 0. The highest BCUT2D eigenvalue weighted by Crippen LogP contribution is 2.19. The molecule has 0 saturated heterocycles. The Balaban J connectivity index is 2.17. The second-order valence-electron chi connectivity index (χ2n) is 5.27. The molecule has 0 bridgehead atoms. The molecule has 0 saturated carbocycles. The molecule has 0 spiro atoms. The molecule has 1 atom stereocenters. The van der Waals surface area contributed by atoms with Gasteiger partial charge in [0.15, 0.2) is 6.10 Å². The molecule has 6 heteroatoms. The predicted octanol–water partition coefficient (Wildman–Crippen LogP) is 2.61. The summed E-state index contributed by atoms with van der Waals surface area (Å²) in [7, 11) is 1.24. The number of carbonyl (C=O) groups is 2. The van der Waals surface area contributed by atoms with Gasteiger partial charge in [-0.25, -0.2) is 14.3 Å². The third-order valence-corrected chi connectivity index (χ3v) is 3.56. The van der Waals surface area contributed by atoms with E-state index >= 15 is 0 Å². The lowest BCUT2D eigenvalue weighted by molar-refractivity contribution is -0.161. The van der Waals surface area contributed by atoms with Gasteiger partial charge >= 0.3 is 11.9 Å². The number of ether oxygens (including phenoxy) is 2. The van der Waals surface area contributed by atoms with Crippen molar-refractivity contribution in [3.63, 3.8) is 0 Å². The quantitative estimate of drug-likeness (QED) is 0.623. The van der Waals surface area contributed by atoms with Gasteiger partial charge < -0.3 is 9.47 Å². The van der Waals surface area contributed by atoms with Gasteiger partial charge in [0.05, 0.1) is 18.5 Å². The number of carbonyl (C=O) groups excluding carboxylic acids is 2. The zero-order valence-electron chi connectivity index (χ0n) is 14.1. The average Bonchev–Trinajstić information content (AvgIpc) is 2.87. The Morgan fingerprint density at radius 1 is 1.21 bits per heavy atom. The lowest BCUT2D eigenvalue weighted by atomic mass is 10.2. The third kappa shape index (κ3) is 3.90. The van der Waals surface area contributed by atoms with Gasteiger partial charge in [-0.15, -0.1) is 0 Å². The van der Waals surface area contributed by atoms with Crippen molar-refractivity contribution in [1.29, 1.82) is 0 Å². The first-order valence-electron chi connectivity index (χ1n) is 7.52. The van der Waals surface area contributed by atoms with Crippen LogP contribution in [0.4, 0.5) is 0 Å². The smallest absolute Gasteiger partial charge is 0.346 e. The SMILES string of the molecule is COC(=O)C(C)OC(=O)/C=C/c1c(C)nn(-c2ccccc2)c1C. The van der Waals surface area contributed by atoms with E-state index in [0.717, 1.165) is 22.6 Å². The fourth-order valence-corrected chi connectivity index (χ4v) is 2.30. The topological polar surface area (TPSA) is 70.4 Å². The molecule has 0 aliphatic heterocycles. The van der Waals surface area contributed by atoms with E-state index in [4.69, 9.17) is 4.74 Å². The molecular formula is C18H20N2O4. The zero-order chi connectivity index (χ0) is 17.7. The lowest BCUT2D eigenvalue weighted by Crippen LogP contribution is -2.24. The molecule has 0 N–H and O–H groups in total. The number of aromatic nitrogens is 2. The summed E-state index contributed by atoms with van der Waals surface area (Å²) in [6.45, 7) is 5.26. The van der Waals surface area contributed by atoms with Crippen LogP contribution in [0.2, 0.25) is 0 Å². The standard InChI is InChI=1S/C18H20N2O4/c1-12-16(10-11-17(21)24-14(3)18(22)23-4)13(2)20(19-12)15-8-6-5-7-9-15/h5-11,14H,1-4H3/b11-10+. The maximum absolute atomic E-state index is 11.8. The van der Waals surface area contributed by atoms with Gasteiger partial charge in [0.2, 0.25) is 0 Å². The van der Waals surface area contributed by atoms with Crippen LogP contribution in [0.5, 0.6) is 0 Å². The van der Waals surface area contributed by atoms with Crippen molar-refractivity contribution < 1.29 is 19.1 Å². The Morgan fingerprint density at radius 3 is 2.50 bits per heavy atom. The van der Waals surface area contributed by atoms with Crippen LogP contribution in [-0.4, -0.2) is 34.9 Å². The Morgan fingerprint density at radius 2 is 1.88 bits per heavy atom. The largest absolute Gasteiger partial charge is 0.466 e. The van der Waals surface area contributed by atoms with E-state index in [1.807, 2.05) is 48.9 Å². The first kappa shape index (κ1) is 17.5. The van der Waals surface area contributed by atoms with E-state index in [-0.39, 0.29) is 0 Å². The molecule has 24 heavy (non-hydrogen) atoms. The van der Waals surface area contributed by atoms with Gasteiger partial charge in [-0.1, -0.05) is 18.2 Å². The summed E-state index contributed by atoms with van der Waals surface area (Å²) in [6.07, 6.45) is 1.98. The highest BCUT2D eigenvalue weighted by molar-refractivity contribution is 5.89. The van der Waals surface area contributed by atoms with Gasteiger partial charge in [0, 0.05) is 17.3 Å². The molecule has 126 valence electrons. The molecule has 0 radical (unpaired) electrons. The zero-order valence-corrected chi connectivity index (χ0v) is 14.1. The molecule has 0 fully saturated rings. The van der Waals surface area contributed by atoms with Crippen molar-refractivity contribution >= 4 is 18.0 Å². The summed E-state index contributed by atoms with van der Waals surface area (Å²) in [5, 5.41) is 4.50. The van der Waals surface area contributed by atoms with Gasteiger partial charge in [0.1, 0.15) is 0 Å². The van der Waals surface area contributed by atoms with Crippen molar-refractivity contribution in [1.82, 2.24) is 9.78 Å². The number of esters is 2. The first-order valence-corrected chi connectivity index (χ1v) is 7.52. The van der Waals surface area contributed by atoms with Gasteiger partial charge in [-0.3, -0.25) is 0 Å². The van der Waals surface area contributed by atoms with Crippen molar-refractivity contribution in [2.75, 3.05) is 7.11 Å². The first-order chi connectivity index (χ1) is 11.4. The number of rotatable bonds is 5. The van der Waals surface area contributed by atoms with Gasteiger partial charge in [-0.05, 0) is 39.0 Å². The molecule has 1 aromatic heterocycles. The lowest BCUT2D eigenvalue weighted by Gasteiger charge is -2.08. The molecule has 1 aromatic carbocycles. The summed E-state index contributed by atoms with van der Waals surface area (Å²) in [6, 6.07) is 9.73. The van der Waals surface area contributed by atoms with Crippen molar-refractivity contribution in [2.45, 2.75) is 26.9 Å². The number of benzene rings is 1. The Hall–Kier alpha value is -2.89. The van der Waals surface area contributed by atoms with Crippen LogP contribution in [-0.2, 0) is 19.1 Å². The van der Waals surface area contributed by atoms with Crippen LogP contribution in [0.1, 0.15) is 23.9 Å².